The second kappa shape index (κ2) is 9.71. The van der Waals surface area contributed by atoms with Crippen LogP contribution in [0.1, 0.15) is 18.5 Å². The van der Waals surface area contributed by atoms with Crippen LogP contribution in [0.25, 0.3) is 16.9 Å². The fourth-order valence-electron chi connectivity index (χ4n) is 3.97. The van der Waals surface area contributed by atoms with Gasteiger partial charge in [0, 0.05) is 18.7 Å². The first-order valence-corrected chi connectivity index (χ1v) is 13.5. The van der Waals surface area contributed by atoms with Gasteiger partial charge in [-0.2, -0.15) is 5.10 Å². The summed E-state index contributed by atoms with van der Waals surface area (Å²) in [6.07, 6.45) is 2.08. The Morgan fingerprint density at radius 3 is 2.40 bits per heavy atom. The number of rotatable bonds is 7. The number of ether oxygens (including phenoxy) is 2. The Morgan fingerprint density at radius 1 is 1.03 bits per heavy atom. The van der Waals surface area contributed by atoms with Crippen molar-refractivity contribution in [2.75, 3.05) is 38.8 Å². The standard InChI is InChI=1S/C25H29N5O4S/c1-33-20-11-7-18(8-12-20)23-17-21(27-30(23)22-5-3-4-6-24(22)34-2)25(26-19-9-10-19)28-29-13-15-35(31,32)16-14-29/h3-8,11-12,17,19H,9-10,13-16H2,1-2H3,(H,26,28). The first-order valence-electron chi connectivity index (χ1n) is 11.6. The monoisotopic (exact) mass is 495 g/mol. The molecule has 0 radical (unpaired) electrons. The third-order valence-corrected chi connectivity index (χ3v) is 7.73. The summed E-state index contributed by atoms with van der Waals surface area (Å²) in [5, 5.41) is 6.86. The molecule has 1 aliphatic heterocycles. The number of methoxy groups -OCH3 is 2. The van der Waals surface area contributed by atoms with Gasteiger partial charge in [0.15, 0.2) is 15.7 Å². The van der Waals surface area contributed by atoms with Gasteiger partial charge in [0.1, 0.15) is 22.9 Å². The summed E-state index contributed by atoms with van der Waals surface area (Å²) < 4.78 is 36.6. The highest BCUT2D eigenvalue weighted by molar-refractivity contribution is 7.91. The number of para-hydroxylation sites is 2. The van der Waals surface area contributed by atoms with Crippen molar-refractivity contribution in [1.82, 2.24) is 20.2 Å². The molecular weight excluding hydrogens is 466 g/mol. The molecule has 35 heavy (non-hydrogen) atoms. The number of amidine groups is 1. The van der Waals surface area contributed by atoms with Gasteiger partial charge in [0.2, 0.25) is 0 Å². The third kappa shape index (κ3) is 5.33. The summed E-state index contributed by atoms with van der Waals surface area (Å²) in [5.41, 5.74) is 6.69. The molecule has 2 heterocycles. The lowest BCUT2D eigenvalue weighted by molar-refractivity contribution is 0.255. The Hall–Kier alpha value is -3.37. The molecule has 0 amide bonds. The molecule has 1 aromatic heterocycles. The first-order chi connectivity index (χ1) is 17.0. The average Bonchev–Trinajstić information content (AvgIpc) is 3.59. The van der Waals surface area contributed by atoms with E-state index in [4.69, 9.17) is 19.6 Å². The number of sulfone groups is 1. The van der Waals surface area contributed by atoms with Crippen molar-refractivity contribution in [2.45, 2.75) is 18.9 Å². The molecular formula is C25H29N5O4S. The SMILES string of the molecule is COc1ccc(-c2cc(C(=NC3CC3)NN3CCS(=O)(=O)CC3)nn2-c2ccccc2OC)cc1. The molecule has 3 aromatic rings. The second-order valence-electron chi connectivity index (χ2n) is 8.69. The van der Waals surface area contributed by atoms with E-state index in [1.807, 2.05) is 64.3 Å². The Bertz CT molecular complexity index is 1320. The molecule has 1 N–H and O–H groups in total. The summed E-state index contributed by atoms with van der Waals surface area (Å²) in [7, 11) is 0.304. The zero-order chi connectivity index (χ0) is 24.4. The van der Waals surface area contributed by atoms with Crippen LogP contribution in [0.15, 0.2) is 59.6 Å². The van der Waals surface area contributed by atoms with Gasteiger partial charge in [-0.1, -0.05) is 12.1 Å². The van der Waals surface area contributed by atoms with Crippen molar-refractivity contribution < 1.29 is 17.9 Å². The fourth-order valence-corrected chi connectivity index (χ4v) is 5.17. The highest BCUT2D eigenvalue weighted by Gasteiger charge is 2.27. The zero-order valence-electron chi connectivity index (χ0n) is 19.8. The lowest BCUT2D eigenvalue weighted by atomic mass is 10.1. The number of aromatic nitrogens is 2. The molecule has 1 saturated heterocycles. The van der Waals surface area contributed by atoms with Gasteiger partial charge in [-0.05, 0) is 55.3 Å². The molecule has 2 aliphatic rings. The topological polar surface area (TPSA) is 98.0 Å². The van der Waals surface area contributed by atoms with Crippen LogP contribution in [-0.2, 0) is 9.84 Å². The zero-order valence-corrected chi connectivity index (χ0v) is 20.7. The number of nitrogens with zero attached hydrogens (tertiary/aromatic N) is 4. The lowest BCUT2D eigenvalue weighted by Gasteiger charge is -2.28. The van der Waals surface area contributed by atoms with Crippen molar-refractivity contribution in [3.8, 4) is 28.4 Å². The van der Waals surface area contributed by atoms with E-state index in [1.54, 1.807) is 14.2 Å². The molecule has 5 rings (SSSR count). The van der Waals surface area contributed by atoms with Gasteiger partial charge in [-0.15, -0.1) is 0 Å². The van der Waals surface area contributed by atoms with Crippen LogP contribution in [0.4, 0.5) is 0 Å². The quantitative estimate of drug-likeness (QED) is 0.398. The van der Waals surface area contributed by atoms with E-state index in [9.17, 15) is 8.42 Å². The van der Waals surface area contributed by atoms with E-state index in [-0.39, 0.29) is 17.5 Å². The summed E-state index contributed by atoms with van der Waals surface area (Å²) in [5.74, 6) is 2.38. The molecule has 0 atom stereocenters. The van der Waals surface area contributed by atoms with Crippen molar-refractivity contribution >= 4 is 15.7 Å². The van der Waals surface area contributed by atoms with Gasteiger partial charge in [0.25, 0.3) is 0 Å². The van der Waals surface area contributed by atoms with Gasteiger partial charge in [-0.3, -0.25) is 4.99 Å². The number of hydrogen-bond acceptors (Lipinski definition) is 7. The van der Waals surface area contributed by atoms with Crippen LogP contribution < -0.4 is 14.9 Å². The lowest BCUT2D eigenvalue weighted by Crippen LogP contribution is -2.50. The van der Waals surface area contributed by atoms with Gasteiger partial charge in [0.05, 0.1) is 37.5 Å². The summed E-state index contributed by atoms with van der Waals surface area (Å²) >= 11 is 0. The minimum Gasteiger partial charge on any atom is -0.497 e. The molecule has 0 spiro atoms. The van der Waals surface area contributed by atoms with Gasteiger partial charge >= 0.3 is 0 Å². The maximum Gasteiger partial charge on any atom is 0.164 e. The van der Waals surface area contributed by atoms with Crippen LogP contribution in [0.3, 0.4) is 0 Å². The molecule has 2 aromatic carbocycles. The van der Waals surface area contributed by atoms with Crippen molar-refractivity contribution in [2.24, 2.45) is 4.99 Å². The molecule has 184 valence electrons. The third-order valence-electron chi connectivity index (χ3n) is 6.12. The number of aliphatic imine (C=N–C) groups is 1. The van der Waals surface area contributed by atoms with E-state index in [0.717, 1.165) is 35.5 Å². The molecule has 0 unspecified atom stereocenters. The molecule has 10 heteroatoms. The van der Waals surface area contributed by atoms with Crippen LogP contribution >= 0.6 is 0 Å². The van der Waals surface area contributed by atoms with Crippen LogP contribution in [0, 0.1) is 0 Å². The number of benzene rings is 2. The van der Waals surface area contributed by atoms with Crippen molar-refractivity contribution in [1.29, 1.82) is 0 Å². The molecule has 9 nitrogen and oxygen atoms in total. The largest absolute Gasteiger partial charge is 0.497 e. The normalized spacial score (nSPS) is 18.3. The smallest absolute Gasteiger partial charge is 0.164 e. The van der Waals surface area contributed by atoms with E-state index >= 15 is 0 Å². The van der Waals surface area contributed by atoms with E-state index in [1.165, 1.54) is 0 Å². The summed E-state index contributed by atoms with van der Waals surface area (Å²) in [6, 6.07) is 17.8. The van der Waals surface area contributed by atoms with Crippen molar-refractivity contribution in [3.05, 3.63) is 60.3 Å². The van der Waals surface area contributed by atoms with Gasteiger partial charge < -0.3 is 14.9 Å². The maximum atomic E-state index is 11.9. The van der Waals surface area contributed by atoms with Crippen LogP contribution in [0.5, 0.6) is 11.5 Å². The summed E-state index contributed by atoms with van der Waals surface area (Å²) in [6.45, 7) is 0.815. The Morgan fingerprint density at radius 2 is 1.74 bits per heavy atom. The predicted octanol–water partition coefficient (Wildman–Crippen LogP) is 2.70. The van der Waals surface area contributed by atoms with Crippen molar-refractivity contribution in [3.63, 3.8) is 0 Å². The Kier molecular flexibility index (Phi) is 6.48. The number of hydrazine groups is 1. The van der Waals surface area contributed by atoms with Gasteiger partial charge in [-0.25, -0.2) is 18.1 Å². The Balaban J connectivity index is 1.56. The van der Waals surface area contributed by atoms with E-state index in [2.05, 4.69) is 5.43 Å². The number of nitrogens with one attached hydrogen (secondary N) is 1. The predicted molar refractivity (Wildman–Crippen MR) is 135 cm³/mol. The van der Waals surface area contributed by atoms with E-state index < -0.39 is 9.84 Å². The Labute approximate surface area is 205 Å². The highest BCUT2D eigenvalue weighted by Crippen LogP contribution is 2.31. The summed E-state index contributed by atoms with van der Waals surface area (Å²) in [4.78, 5) is 4.89. The molecule has 1 saturated carbocycles. The minimum absolute atomic E-state index is 0.128. The maximum absolute atomic E-state index is 11.9. The second-order valence-corrected chi connectivity index (χ2v) is 11.0. The molecule has 2 fully saturated rings. The van der Waals surface area contributed by atoms with Crippen LogP contribution in [-0.4, -0.2) is 73.9 Å². The number of hydrogen-bond donors (Lipinski definition) is 1. The molecule has 1 aliphatic carbocycles. The van der Waals surface area contributed by atoms with E-state index in [0.29, 0.717) is 30.4 Å². The highest BCUT2D eigenvalue weighted by atomic mass is 32.2. The first kappa shape index (κ1) is 23.4. The van der Waals surface area contributed by atoms with Crippen LogP contribution in [0.2, 0.25) is 0 Å². The molecule has 0 bridgehead atoms. The fraction of sp³-hybridized carbons (Fsp3) is 0.360. The average molecular weight is 496 g/mol. The minimum atomic E-state index is -2.98.